The summed E-state index contributed by atoms with van der Waals surface area (Å²) >= 11 is 0. The van der Waals surface area contributed by atoms with E-state index in [1.807, 2.05) is 6.07 Å². The van der Waals surface area contributed by atoms with Gasteiger partial charge in [-0.1, -0.05) is 12.1 Å². The maximum absolute atomic E-state index is 11.6. The van der Waals surface area contributed by atoms with Crippen LogP contribution in [0.25, 0.3) is 16.7 Å². The molecule has 2 aromatic heterocycles. The molecule has 0 fully saturated rings. The molecule has 0 aliphatic carbocycles. The number of para-hydroxylation sites is 1. The van der Waals surface area contributed by atoms with E-state index < -0.39 is 9.84 Å². The Morgan fingerprint density at radius 2 is 1.82 bits per heavy atom. The number of hydrogen-bond donors (Lipinski definition) is 1. The van der Waals surface area contributed by atoms with Gasteiger partial charge in [0.25, 0.3) is 0 Å². The molecule has 2 aromatic carbocycles. The maximum Gasteiger partial charge on any atom is 0.229 e. The number of sulfone groups is 1. The molecule has 0 amide bonds. The molecule has 0 unspecified atom stereocenters. The summed E-state index contributed by atoms with van der Waals surface area (Å²) in [6.07, 6.45) is 4.43. The molecule has 0 saturated carbocycles. The monoisotopic (exact) mass is 390 g/mol. The fraction of sp³-hybridized carbons (Fsp3) is 0.0526. The van der Waals surface area contributed by atoms with Gasteiger partial charge < -0.3 is 5.32 Å². The molecule has 1 N–H and O–H groups in total. The number of nitrogens with one attached hydrogen (secondary N) is 1. The van der Waals surface area contributed by atoms with E-state index in [1.54, 1.807) is 47.4 Å². The quantitative estimate of drug-likeness (QED) is 0.570. The number of hydrogen-bond acceptors (Lipinski definition) is 7. The summed E-state index contributed by atoms with van der Waals surface area (Å²) in [6.45, 7) is 0. The molecule has 0 atom stereocenters. The van der Waals surface area contributed by atoms with Crippen molar-refractivity contribution >= 4 is 32.5 Å². The lowest BCUT2D eigenvalue weighted by molar-refractivity contribution is 0.602. The Hall–Kier alpha value is -3.77. The molecular formula is C19H14N6O2S. The van der Waals surface area contributed by atoms with E-state index in [0.717, 1.165) is 11.6 Å². The first-order valence-electron chi connectivity index (χ1n) is 8.23. The number of benzene rings is 2. The fourth-order valence-electron chi connectivity index (χ4n) is 2.72. The highest BCUT2D eigenvalue weighted by Gasteiger charge is 2.12. The Morgan fingerprint density at radius 1 is 1.07 bits per heavy atom. The van der Waals surface area contributed by atoms with Crippen LogP contribution >= 0.6 is 0 Å². The van der Waals surface area contributed by atoms with Crippen LogP contribution in [0.3, 0.4) is 0 Å². The van der Waals surface area contributed by atoms with E-state index in [0.29, 0.717) is 28.5 Å². The number of aromatic nitrogens is 4. The third-order valence-corrected chi connectivity index (χ3v) is 5.23. The average molecular weight is 390 g/mol. The van der Waals surface area contributed by atoms with Gasteiger partial charge in [0, 0.05) is 18.1 Å². The van der Waals surface area contributed by atoms with Crippen molar-refractivity contribution in [3.8, 4) is 11.8 Å². The predicted octanol–water partition coefficient (Wildman–Crippen LogP) is 2.83. The molecule has 0 bridgehead atoms. The summed E-state index contributed by atoms with van der Waals surface area (Å²) in [5, 5.41) is 17.4. The minimum Gasteiger partial charge on any atom is -0.324 e. The van der Waals surface area contributed by atoms with Crippen LogP contribution in [-0.4, -0.2) is 34.4 Å². The van der Waals surface area contributed by atoms with Crippen LogP contribution in [0.2, 0.25) is 0 Å². The van der Waals surface area contributed by atoms with Gasteiger partial charge in [-0.3, -0.25) is 0 Å². The Kier molecular flexibility index (Phi) is 4.25. The Labute approximate surface area is 161 Å². The molecule has 0 aliphatic heterocycles. The summed E-state index contributed by atoms with van der Waals surface area (Å²) in [4.78, 5) is 9.00. The smallest absolute Gasteiger partial charge is 0.229 e. The average Bonchev–Trinajstić information content (AvgIpc) is 3.11. The van der Waals surface area contributed by atoms with E-state index in [9.17, 15) is 13.7 Å². The normalized spacial score (nSPS) is 11.3. The third kappa shape index (κ3) is 3.28. The molecule has 0 aliphatic rings. The van der Waals surface area contributed by atoms with Crippen molar-refractivity contribution in [1.82, 2.24) is 19.7 Å². The second kappa shape index (κ2) is 6.75. The lowest BCUT2D eigenvalue weighted by Crippen LogP contribution is -2.03. The van der Waals surface area contributed by atoms with Crippen LogP contribution in [0.4, 0.5) is 11.6 Å². The Balaban J connectivity index is 1.71. The number of fused-ring (bicyclic) bond motifs is 1. The van der Waals surface area contributed by atoms with Crippen molar-refractivity contribution in [1.29, 1.82) is 5.26 Å². The molecule has 0 saturated heterocycles. The molecule has 0 radical (unpaired) electrons. The first-order chi connectivity index (χ1) is 13.5. The zero-order valence-corrected chi connectivity index (χ0v) is 15.6. The minimum absolute atomic E-state index is 0.237. The van der Waals surface area contributed by atoms with Gasteiger partial charge in [0.1, 0.15) is 6.07 Å². The van der Waals surface area contributed by atoms with Crippen LogP contribution in [0.1, 0.15) is 5.56 Å². The van der Waals surface area contributed by atoms with Crippen LogP contribution in [0, 0.1) is 11.3 Å². The van der Waals surface area contributed by atoms with Crippen molar-refractivity contribution in [2.75, 3.05) is 11.6 Å². The topological polar surface area (TPSA) is 114 Å². The molecule has 9 heteroatoms. The minimum atomic E-state index is -3.25. The zero-order chi connectivity index (χ0) is 19.7. The predicted molar refractivity (Wildman–Crippen MR) is 104 cm³/mol. The first-order valence-corrected chi connectivity index (χ1v) is 10.1. The number of anilines is 2. The molecule has 4 aromatic rings. The van der Waals surface area contributed by atoms with Gasteiger partial charge in [-0.15, -0.1) is 0 Å². The summed E-state index contributed by atoms with van der Waals surface area (Å²) in [5.41, 5.74) is 2.31. The SMILES string of the molecule is CS(=O)(=O)c1ccc(Nc2ncc3cnn(-c4ccccc4C#N)c3n2)cc1. The van der Waals surface area contributed by atoms with Crippen LogP contribution < -0.4 is 5.32 Å². The number of nitrogens with zero attached hydrogens (tertiary/aromatic N) is 5. The van der Waals surface area contributed by atoms with Crippen LogP contribution in [0.5, 0.6) is 0 Å². The van der Waals surface area contributed by atoms with E-state index in [-0.39, 0.29) is 4.90 Å². The number of nitriles is 1. The van der Waals surface area contributed by atoms with Crippen molar-refractivity contribution in [3.63, 3.8) is 0 Å². The lowest BCUT2D eigenvalue weighted by Gasteiger charge is -2.07. The van der Waals surface area contributed by atoms with E-state index in [2.05, 4.69) is 26.5 Å². The third-order valence-electron chi connectivity index (χ3n) is 4.10. The van der Waals surface area contributed by atoms with Crippen LogP contribution in [0.15, 0.2) is 65.8 Å². The molecule has 0 spiro atoms. The van der Waals surface area contributed by atoms with E-state index in [1.165, 1.54) is 12.1 Å². The molecular weight excluding hydrogens is 376 g/mol. The summed E-state index contributed by atoms with van der Waals surface area (Å²) in [5.74, 6) is 0.329. The number of rotatable bonds is 4. The van der Waals surface area contributed by atoms with Gasteiger partial charge in [-0.25, -0.2) is 18.1 Å². The maximum atomic E-state index is 11.6. The molecule has 8 nitrogen and oxygen atoms in total. The van der Waals surface area contributed by atoms with Gasteiger partial charge >= 0.3 is 0 Å². The van der Waals surface area contributed by atoms with Gasteiger partial charge in [-0.2, -0.15) is 15.3 Å². The van der Waals surface area contributed by atoms with Crippen molar-refractivity contribution < 1.29 is 8.42 Å². The van der Waals surface area contributed by atoms with Crippen molar-refractivity contribution in [2.45, 2.75) is 4.90 Å². The van der Waals surface area contributed by atoms with E-state index >= 15 is 0 Å². The van der Waals surface area contributed by atoms with Crippen molar-refractivity contribution in [3.05, 3.63) is 66.5 Å². The zero-order valence-electron chi connectivity index (χ0n) is 14.7. The van der Waals surface area contributed by atoms with Gasteiger partial charge in [0.15, 0.2) is 15.5 Å². The van der Waals surface area contributed by atoms with Gasteiger partial charge in [-0.05, 0) is 36.4 Å². The van der Waals surface area contributed by atoms with E-state index in [4.69, 9.17) is 0 Å². The van der Waals surface area contributed by atoms with Gasteiger partial charge in [0.05, 0.1) is 27.7 Å². The van der Waals surface area contributed by atoms with Crippen molar-refractivity contribution in [2.24, 2.45) is 0 Å². The fourth-order valence-corrected chi connectivity index (χ4v) is 3.35. The second-order valence-electron chi connectivity index (χ2n) is 6.08. The van der Waals surface area contributed by atoms with Gasteiger partial charge in [0.2, 0.25) is 5.95 Å². The lowest BCUT2D eigenvalue weighted by atomic mass is 10.2. The summed E-state index contributed by atoms with van der Waals surface area (Å²) < 4.78 is 24.7. The highest BCUT2D eigenvalue weighted by Crippen LogP contribution is 2.22. The Morgan fingerprint density at radius 3 is 2.54 bits per heavy atom. The summed E-state index contributed by atoms with van der Waals surface area (Å²) in [6, 6.07) is 15.6. The molecule has 4 rings (SSSR count). The molecule has 138 valence electrons. The molecule has 2 heterocycles. The van der Waals surface area contributed by atoms with Crippen LogP contribution in [-0.2, 0) is 9.84 Å². The molecule has 28 heavy (non-hydrogen) atoms. The second-order valence-corrected chi connectivity index (χ2v) is 8.10. The first kappa shape index (κ1) is 17.6. The summed E-state index contributed by atoms with van der Waals surface area (Å²) in [7, 11) is -3.25. The highest BCUT2D eigenvalue weighted by molar-refractivity contribution is 7.90. The standard InChI is InChI=1S/C19H14N6O2S/c1-28(26,27)16-8-6-15(7-9-16)23-19-21-11-14-12-22-25(18(14)24-19)17-5-3-2-4-13(17)10-20/h2-9,11-12H,1H3,(H,21,23,24). The highest BCUT2D eigenvalue weighted by atomic mass is 32.2. The Bertz CT molecular complexity index is 1320. The largest absolute Gasteiger partial charge is 0.324 e.